The van der Waals surface area contributed by atoms with Crippen LogP contribution in [0, 0.1) is 6.07 Å². The molecule has 0 saturated heterocycles. The molecule has 0 atom stereocenters. The van der Waals surface area contributed by atoms with Crippen LogP contribution in [0.4, 0.5) is 0 Å². The van der Waals surface area contributed by atoms with Gasteiger partial charge in [-0.2, -0.15) is 0 Å². The monoisotopic (exact) mass is 650 g/mol. The van der Waals surface area contributed by atoms with E-state index in [9.17, 15) is 4.79 Å². The molecule has 0 aliphatic heterocycles. The molecule has 3 aromatic carbocycles. The second-order valence-corrected chi connectivity index (χ2v) is 8.93. The molecule has 3 heterocycles. The topological polar surface area (TPSA) is 63.1 Å². The third-order valence-corrected chi connectivity index (χ3v) is 6.90. The first-order chi connectivity index (χ1) is 16.7. The van der Waals surface area contributed by atoms with Crippen LogP contribution in [0.5, 0.6) is 0 Å². The molecule has 6 aromatic rings. The van der Waals surface area contributed by atoms with Gasteiger partial charge in [-0.25, -0.2) is 21.1 Å². The quantitative estimate of drug-likeness (QED) is 0.199. The molecule has 171 valence electrons. The number of hydrogen-bond acceptors (Lipinski definition) is 4. The first-order valence-corrected chi connectivity index (χ1v) is 11.6. The number of carboxylic acids is 1. The molecule has 35 heavy (non-hydrogen) atoms. The summed E-state index contributed by atoms with van der Waals surface area (Å²) in [6.45, 7) is 0. The van der Waals surface area contributed by atoms with Gasteiger partial charge in [-0.1, -0.05) is 60.7 Å². The van der Waals surface area contributed by atoms with Gasteiger partial charge in [-0.3, -0.25) is 4.98 Å². The van der Waals surface area contributed by atoms with Gasteiger partial charge in [0.25, 0.3) is 0 Å². The largest absolute Gasteiger partial charge is 0.477 e. The molecule has 0 unspecified atom stereocenters. The molecule has 1 aliphatic carbocycles. The van der Waals surface area contributed by atoms with Gasteiger partial charge in [0.05, 0.1) is 5.52 Å². The van der Waals surface area contributed by atoms with Crippen LogP contribution in [-0.2, 0) is 20.1 Å². The van der Waals surface area contributed by atoms with Crippen LogP contribution >= 0.6 is 11.3 Å². The first kappa shape index (κ1) is 23.1. The molecule has 0 amide bonds. The number of benzene rings is 3. The van der Waals surface area contributed by atoms with Crippen molar-refractivity contribution in [3.8, 4) is 32.8 Å². The average molecular weight is 650 g/mol. The van der Waals surface area contributed by atoms with Crippen molar-refractivity contribution in [2.24, 2.45) is 0 Å². The Labute approximate surface area is 219 Å². The van der Waals surface area contributed by atoms with Crippen LogP contribution in [0.1, 0.15) is 10.5 Å². The van der Waals surface area contributed by atoms with Crippen LogP contribution in [0.15, 0.2) is 97.2 Å². The van der Waals surface area contributed by atoms with E-state index in [1.165, 1.54) is 44.6 Å². The van der Waals surface area contributed by atoms with Crippen molar-refractivity contribution in [3.63, 3.8) is 0 Å². The fraction of sp³-hybridized carbons (Fsp3) is 0. The number of carbonyl (C=O) groups is 1. The number of fused-ring (bicyclic) bond motifs is 4. The van der Waals surface area contributed by atoms with E-state index in [1.54, 1.807) is 23.5 Å². The molecule has 0 saturated carbocycles. The second kappa shape index (κ2) is 9.51. The van der Waals surface area contributed by atoms with Gasteiger partial charge in [0.1, 0.15) is 5.69 Å². The van der Waals surface area contributed by atoms with Gasteiger partial charge in [-0.05, 0) is 50.0 Å². The molecule has 4 nitrogen and oxygen atoms in total. The van der Waals surface area contributed by atoms with Crippen LogP contribution in [0.25, 0.3) is 53.8 Å². The van der Waals surface area contributed by atoms with Gasteiger partial charge >= 0.3 is 5.97 Å². The van der Waals surface area contributed by atoms with Crippen LogP contribution in [0.2, 0.25) is 0 Å². The first-order valence-electron chi connectivity index (χ1n) is 10.8. The summed E-state index contributed by atoms with van der Waals surface area (Å²) in [7, 11) is 0. The van der Waals surface area contributed by atoms with E-state index in [-0.39, 0.29) is 25.8 Å². The minimum absolute atomic E-state index is 0. The smallest absolute Gasteiger partial charge is 0.354 e. The van der Waals surface area contributed by atoms with Crippen LogP contribution < -0.4 is 0 Å². The van der Waals surface area contributed by atoms with E-state index < -0.39 is 5.97 Å². The Morgan fingerprint density at radius 3 is 2.23 bits per heavy atom. The summed E-state index contributed by atoms with van der Waals surface area (Å²) < 4.78 is 1.25. The van der Waals surface area contributed by atoms with Crippen LogP contribution in [0.3, 0.4) is 0 Å². The maximum absolute atomic E-state index is 10.1. The summed E-state index contributed by atoms with van der Waals surface area (Å²) in [4.78, 5) is 19.8. The molecule has 0 fully saturated rings. The average Bonchev–Trinajstić information content (AvgIpc) is 3.46. The Bertz CT molecular complexity index is 1660. The molecule has 0 spiro atoms. The fourth-order valence-electron chi connectivity index (χ4n) is 4.32. The summed E-state index contributed by atoms with van der Waals surface area (Å²) in [5.41, 5.74) is 7.35. The third kappa shape index (κ3) is 4.17. The fourth-order valence-corrected chi connectivity index (χ4v) is 5.28. The number of carboxylic acid groups (broad SMARTS) is 1. The SMILES string of the molecule is O=C(O)c1ccccn1.[Ir].[c-]1c(-c2cc3c4c(cccc4n2)-c2ccccc2-3)sc2ccccc12. The van der Waals surface area contributed by atoms with E-state index in [2.05, 4.69) is 83.8 Å². The number of pyridine rings is 2. The van der Waals surface area contributed by atoms with Gasteiger partial charge in [0.15, 0.2) is 0 Å². The van der Waals surface area contributed by atoms with Gasteiger partial charge in [-0.15, -0.1) is 23.6 Å². The summed E-state index contributed by atoms with van der Waals surface area (Å²) in [5, 5.41) is 10.8. The normalized spacial score (nSPS) is 10.9. The molecule has 6 heteroatoms. The van der Waals surface area contributed by atoms with Gasteiger partial charge in [0.2, 0.25) is 0 Å². The summed E-state index contributed by atoms with van der Waals surface area (Å²) in [6, 6.07) is 34.0. The molecular weight excluding hydrogens is 633 g/mol. The Balaban J connectivity index is 0.000000217. The van der Waals surface area contributed by atoms with Gasteiger partial charge < -0.3 is 5.11 Å². The number of thiophene rings is 1. The Morgan fingerprint density at radius 1 is 0.800 bits per heavy atom. The van der Waals surface area contributed by atoms with Crippen molar-refractivity contribution < 1.29 is 30.0 Å². The van der Waals surface area contributed by atoms with Crippen molar-refractivity contribution in [1.82, 2.24) is 9.97 Å². The van der Waals surface area contributed by atoms with Crippen LogP contribution in [-0.4, -0.2) is 21.0 Å². The summed E-state index contributed by atoms with van der Waals surface area (Å²) in [5.74, 6) is -0.990. The number of rotatable bonds is 2. The Hall–Kier alpha value is -3.70. The molecule has 3 aromatic heterocycles. The zero-order valence-corrected chi connectivity index (χ0v) is 21.4. The van der Waals surface area contributed by atoms with Crippen molar-refractivity contribution >= 4 is 38.3 Å². The Morgan fingerprint density at radius 2 is 1.51 bits per heavy atom. The number of nitrogens with zero attached hydrogens (tertiary/aromatic N) is 2. The molecule has 7 rings (SSSR count). The minimum Gasteiger partial charge on any atom is -0.477 e. The van der Waals surface area contributed by atoms with E-state index in [1.807, 2.05) is 0 Å². The molecule has 1 radical (unpaired) electrons. The van der Waals surface area contributed by atoms with E-state index in [0.717, 1.165) is 21.5 Å². The molecular formula is C29H17IrN2O2S-. The maximum atomic E-state index is 10.1. The van der Waals surface area contributed by atoms with Crippen molar-refractivity contribution in [3.05, 3.63) is 109 Å². The second-order valence-electron chi connectivity index (χ2n) is 7.87. The minimum atomic E-state index is -0.990. The van der Waals surface area contributed by atoms with E-state index in [4.69, 9.17) is 10.1 Å². The van der Waals surface area contributed by atoms with Crippen molar-refractivity contribution in [2.75, 3.05) is 0 Å². The molecule has 0 bridgehead atoms. The zero-order valence-electron chi connectivity index (χ0n) is 18.2. The summed E-state index contributed by atoms with van der Waals surface area (Å²) in [6.07, 6.45) is 1.45. The third-order valence-electron chi connectivity index (χ3n) is 5.81. The predicted molar refractivity (Wildman–Crippen MR) is 137 cm³/mol. The van der Waals surface area contributed by atoms with Crippen molar-refractivity contribution in [2.45, 2.75) is 0 Å². The number of aromatic nitrogens is 2. The maximum Gasteiger partial charge on any atom is 0.354 e. The predicted octanol–water partition coefficient (Wildman–Crippen LogP) is 7.34. The van der Waals surface area contributed by atoms with Crippen molar-refractivity contribution in [1.29, 1.82) is 0 Å². The number of hydrogen-bond donors (Lipinski definition) is 1. The number of aromatic carboxylic acids is 1. The Kier molecular flexibility index (Phi) is 6.27. The molecule has 1 aliphatic rings. The standard InChI is InChI=1S/C23H12NS.C6H5NO2.Ir/c1-4-11-21-14(6-1)12-22(25-21)20-13-18-16-8-3-2-7-15(16)17-9-5-10-19(24-20)23(17)18;8-6(9)5-3-1-2-4-7-5;/h1-11,13H;1-4H,(H,8,9);/q-1;;. The summed E-state index contributed by atoms with van der Waals surface area (Å²) >= 11 is 1.76. The van der Waals surface area contributed by atoms with E-state index in [0.29, 0.717) is 0 Å². The van der Waals surface area contributed by atoms with Gasteiger partial charge in [0, 0.05) is 37.4 Å². The van der Waals surface area contributed by atoms with E-state index >= 15 is 0 Å². The zero-order chi connectivity index (χ0) is 23.1. The molecule has 1 N–H and O–H groups in total.